The van der Waals surface area contributed by atoms with Crippen LogP contribution in [0.25, 0.3) is 10.2 Å². The zero-order valence-electron chi connectivity index (χ0n) is 13.8. The van der Waals surface area contributed by atoms with Crippen LogP contribution in [-0.4, -0.2) is 21.4 Å². The molecule has 0 saturated carbocycles. The lowest BCUT2D eigenvalue weighted by Gasteiger charge is -2.34. The van der Waals surface area contributed by atoms with Gasteiger partial charge >= 0.3 is 0 Å². The van der Waals surface area contributed by atoms with Crippen LogP contribution < -0.4 is 0 Å². The SMILES string of the molecule is O=[N+]([O-])c1ccc(CN2CCCC[C@@H]2c2nc3ccccc3s2)cc1. The quantitative estimate of drug-likeness (QED) is 0.493. The molecule has 1 aliphatic rings. The molecule has 5 nitrogen and oxygen atoms in total. The Morgan fingerprint density at radius 1 is 1.16 bits per heavy atom. The lowest BCUT2D eigenvalue weighted by atomic mass is 10.0. The highest BCUT2D eigenvalue weighted by Crippen LogP contribution is 2.36. The van der Waals surface area contributed by atoms with Gasteiger partial charge in [0.25, 0.3) is 5.69 Å². The van der Waals surface area contributed by atoms with Crippen molar-refractivity contribution in [3.63, 3.8) is 0 Å². The van der Waals surface area contributed by atoms with E-state index in [2.05, 4.69) is 23.1 Å². The third-order valence-electron chi connectivity index (χ3n) is 4.74. The van der Waals surface area contributed by atoms with Gasteiger partial charge in [0.1, 0.15) is 5.01 Å². The topological polar surface area (TPSA) is 59.3 Å². The second kappa shape index (κ2) is 6.90. The van der Waals surface area contributed by atoms with Crippen LogP contribution >= 0.6 is 11.3 Å². The fourth-order valence-electron chi connectivity index (χ4n) is 3.45. The molecule has 128 valence electrons. The molecule has 0 amide bonds. The van der Waals surface area contributed by atoms with E-state index in [1.165, 1.54) is 22.5 Å². The molecule has 4 rings (SSSR count). The van der Waals surface area contributed by atoms with Gasteiger partial charge in [-0.25, -0.2) is 4.98 Å². The van der Waals surface area contributed by atoms with Gasteiger partial charge in [-0.2, -0.15) is 0 Å². The monoisotopic (exact) mass is 353 g/mol. The normalized spacial score (nSPS) is 18.5. The molecule has 0 radical (unpaired) electrons. The number of hydrogen-bond acceptors (Lipinski definition) is 5. The molecule has 0 unspecified atom stereocenters. The molecule has 1 saturated heterocycles. The molecular formula is C19H19N3O2S. The van der Waals surface area contributed by atoms with Gasteiger partial charge in [0, 0.05) is 18.7 Å². The van der Waals surface area contributed by atoms with Crippen LogP contribution in [-0.2, 0) is 6.54 Å². The molecule has 0 bridgehead atoms. The first-order valence-corrected chi connectivity index (χ1v) is 9.35. The number of rotatable bonds is 4. The molecule has 1 aromatic heterocycles. The number of nitro benzene ring substituents is 1. The van der Waals surface area contributed by atoms with Crippen LogP contribution in [0.3, 0.4) is 0 Å². The summed E-state index contributed by atoms with van der Waals surface area (Å²) >= 11 is 1.78. The molecule has 3 aromatic rings. The fraction of sp³-hybridized carbons (Fsp3) is 0.316. The predicted molar refractivity (Wildman–Crippen MR) is 99.7 cm³/mol. The van der Waals surface area contributed by atoms with Crippen molar-refractivity contribution >= 4 is 27.2 Å². The van der Waals surface area contributed by atoms with Gasteiger partial charge in [0.15, 0.2) is 0 Å². The number of benzene rings is 2. The van der Waals surface area contributed by atoms with Crippen molar-refractivity contribution in [2.75, 3.05) is 6.54 Å². The van der Waals surface area contributed by atoms with Gasteiger partial charge in [0.05, 0.1) is 21.2 Å². The molecule has 1 atom stereocenters. The molecular weight excluding hydrogens is 334 g/mol. The molecule has 2 heterocycles. The second-order valence-corrected chi connectivity index (χ2v) is 7.49. The Labute approximate surface area is 150 Å². The maximum absolute atomic E-state index is 10.8. The Balaban J connectivity index is 1.57. The maximum Gasteiger partial charge on any atom is 0.269 e. The van der Waals surface area contributed by atoms with Crippen LogP contribution in [0, 0.1) is 10.1 Å². The third-order valence-corrected chi connectivity index (χ3v) is 5.88. The van der Waals surface area contributed by atoms with Crippen molar-refractivity contribution in [2.45, 2.75) is 31.8 Å². The van der Waals surface area contributed by atoms with Gasteiger partial charge < -0.3 is 0 Å². The van der Waals surface area contributed by atoms with Crippen molar-refractivity contribution in [3.05, 3.63) is 69.2 Å². The molecule has 0 N–H and O–H groups in total. The average molecular weight is 353 g/mol. The van der Waals surface area contributed by atoms with Crippen molar-refractivity contribution < 1.29 is 4.92 Å². The Morgan fingerprint density at radius 3 is 2.72 bits per heavy atom. The largest absolute Gasteiger partial charge is 0.290 e. The summed E-state index contributed by atoms with van der Waals surface area (Å²) in [4.78, 5) is 17.8. The van der Waals surface area contributed by atoms with E-state index in [-0.39, 0.29) is 10.6 Å². The average Bonchev–Trinajstić information content (AvgIpc) is 3.06. The zero-order valence-corrected chi connectivity index (χ0v) is 14.6. The minimum Gasteiger partial charge on any atom is -0.290 e. The molecule has 25 heavy (non-hydrogen) atoms. The summed E-state index contributed by atoms with van der Waals surface area (Å²) in [7, 11) is 0. The third kappa shape index (κ3) is 3.41. The minimum atomic E-state index is -0.353. The number of non-ortho nitro benzene ring substituents is 1. The van der Waals surface area contributed by atoms with Crippen LogP contribution in [0.2, 0.25) is 0 Å². The van der Waals surface area contributed by atoms with Crippen LogP contribution in [0.15, 0.2) is 48.5 Å². The molecule has 6 heteroatoms. The van der Waals surface area contributed by atoms with E-state index in [1.54, 1.807) is 23.5 Å². The lowest BCUT2D eigenvalue weighted by Crippen LogP contribution is -2.32. The first kappa shape index (κ1) is 16.2. The van der Waals surface area contributed by atoms with Gasteiger partial charge in [0.2, 0.25) is 0 Å². The van der Waals surface area contributed by atoms with E-state index in [0.29, 0.717) is 6.04 Å². The first-order valence-electron chi connectivity index (χ1n) is 8.53. The van der Waals surface area contributed by atoms with Crippen molar-refractivity contribution in [1.82, 2.24) is 9.88 Å². The summed E-state index contributed by atoms with van der Waals surface area (Å²) in [6.07, 6.45) is 3.53. The summed E-state index contributed by atoms with van der Waals surface area (Å²) in [5.74, 6) is 0. The van der Waals surface area contributed by atoms with E-state index < -0.39 is 0 Å². The van der Waals surface area contributed by atoms with Crippen molar-refractivity contribution in [1.29, 1.82) is 0 Å². The Bertz CT molecular complexity index is 858. The molecule has 0 spiro atoms. The molecule has 1 fully saturated rings. The summed E-state index contributed by atoms with van der Waals surface area (Å²) in [5.41, 5.74) is 2.33. The number of nitrogens with zero attached hydrogens (tertiary/aromatic N) is 3. The molecule has 1 aliphatic heterocycles. The Kier molecular flexibility index (Phi) is 4.46. The highest BCUT2D eigenvalue weighted by Gasteiger charge is 2.26. The number of para-hydroxylation sites is 1. The number of aromatic nitrogens is 1. The summed E-state index contributed by atoms with van der Waals surface area (Å²) in [6, 6.07) is 15.5. The van der Waals surface area contributed by atoms with E-state index in [0.717, 1.165) is 30.6 Å². The molecule has 0 aliphatic carbocycles. The van der Waals surface area contributed by atoms with Gasteiger partial charge in [-0.1, -0.05) is 30.7 Å². The fourth-order valence-corrected chi connectivity index (χ4v) is 4.59. The van der Waals surface area contributed by atoms with Gasteiger partial charge in [-0.05, 0) is 37.1 Å². The lowest BCUT2D eigenvalue weighted by molar-refractivity contribution is -0.384. The molecule has 2 aromatic carbocycles. The van der Waals surface area contributed by atoms with Crippen LogP contribution in [0.4, 0.5) is 5.69 Å². The minimum absolute atomic E-state index is 0.144. The summed E-state index contributed by atoms with van der Waals surface area (Å²) in [6.45, 7) is 1.84. The Hall–Kier alpha value is -2.31. The number of fused-ring (bicyclic) bond motifs is 1. The van der Waals surface area contributed by atoms with Crippen molar-refractivity contribution in [3.8, 4) is 0 Å². The van der Waals surface area contributed by atoms with E-state index in [1.807, 2.05) is 18.2 Å². The van der Waals surface area contributed by atoms with E-state index in [4.69, 9.17) is 4.98 Å². The number of piperidine rings is 1. The van der Waals surface area contributed by atoms with Crippen LogP contribution in [0.5, 0.6) is 0 Å². The van der Waals surface area contributed by atoms with E-state index >= 15 is 0 Å². The summed E-state index contributed by atoms with van der Waals surface area (Å²) in [5, 5.41) is 12.0. The van der Waals surface area contributed by atoms with E-state index in [9.17, 15) is 10.1 Å². The van der Waals surface area contributed by atoms with Crippen molar-refractivity contribution in [2.24, 2.45) is 0 Å². The van der Waals surface area contributed by atoms with Gasteiger partial charge in [-0.15, -0.1) is 11.3 Å². The number of likely N-dealkylation sites (tertiary alicyclic amines) is 1. The summed E-state index contributed by atoms with van der Waals surface area (Å²) < 4.78 is 1.23. The highest BCUT2D eigenvalue weighted by molar-refractivity contribution is 7.18. The number of nitro groups is 1. The smallest absolute Gasteiger partial charge is 0.269 e. The zero-order chi connectivity index (χ0) is 17.2. The maximum atomic E-state index is 10.8. The number of thiazole rings is 1. The number of hydrogen-bond donors (Lipinski definition) is 0. The first-order chi connectivity index (χ1) is 12.2. The highest BCUT2D eigenvalue weighted by atomic mass is 32.1. The second-order valence-electron chi connectivity index (χ2n) is 6.43. The van der Waals surface area contributed by atoms with Gasteiger partial charge in [-0.3, -0.25) is 15.0 Å². The Morgan fingerprint density at radius 2 is 1.96 bits per heavy atom. The standard InChI is InChI=1S/C19H19N3O2S/c23-22(24)15-10-8-14(9-11-15)13-21-12-4-3-6-17(21)19-20-16-5-1-2-7-18(16)25-19/h1-2,5,7-11,17H,3-4,6,12-13H2/t17-/m1/s1. The van der Waals surface area contributed by atoms with Crippen LogP contribution in [0.1, 0.15) is 35.9 Å². The predicted octanol–water partition coefficient (Wildman–Crippen LogP) is 4.93.